The fourth-order valence-corrected chi connectivity index (χ4v) is 10.4. The quantitative estimate of drug-likeness (QED) is 0.0195. The van der Waals surface area contributed by atoms with E-state index in [9.17, 15) is 35.1 Å². The van der Waals surface area contributed by atoms with Gasteiger partial charge in [0.05, 0.1) is 32.0 Å². The number of hydrogen-bond donors (Lipinski definition) is 6. The summed E-state index contributed by atoms with van der Waals surface area (Å²) in [6.07, 6.45) is 61.3. The highest BCUT2D eigenvalue weighted by atomic mass is 16.7. The molecule has 1 saturated heterocycles. The van der Waals surface area contributed by atoms with Crippen molar-refractivity contribution >= 4 is 11.9 Å². The third-order valence-corrected chi connectivity index (χ3v) is 15.7. The van der Waals surface area contributed by atoms with Crippen LogP contribution in [-0.4, -0.2) is 100 Å². The SMILES string of the molecule is CCCCCCCC/C=C\CCCCCCCCCCCC(=O)OCCCCCCCCCCCCC/C=C\CCCCCCCCCC(=O)NC(COC1OC(CO)C(O)C(O)C1O)C(O)/C=C/CCCCCCCCC. The topological polar surface area (TPSA) is 175 Å². The van der Waals surface area contributed by atoms with Gasteiger partial charge < -0.3 is 45.1 Å². The Kier molecular flexibility index (Phi) is 53.7. The molecular weight excluding hydrogens is 979 g/mol. The van der Waals surface area contributed by atoms with Crippen molar-refractivity contribution < 1.29 is 49.3 Å². The molecule has 1 rings (SSSR count). The predicted octanol–water partition coefficient (Wildman–Crippen LogP) is 16.2. The summed E-state index contributed by atoms with van der Waals surface area (Å²) in [5, 5.41) is 54.2. The molecule has 1 aliphatic heterocycles. The van der Waals surface area contributed by atoms with Crippen LogP contribution in [0.1, 0.15) is 316 Å². The van der Waals surface area contributed by atoms with Gasteiger partial charge in [-0.15, -0.1) is 0 Å². The molecule has 0 aromatic rings. The lowest BCUT2D eigenvalue weighted by molar-refractivity contribution is -0.302. The molecule has 458 valence electrons. The van der Waals surface area contributed by atoms with Crippen LogP contribution in [0.15, 0.2) is 36.5 Å². The van der Waals surface area contributed by atoms with Crippen LogP contribution in [0.3, 0.4) is 0 Å². The summed E-state index contributed by atoms with van der Waals surface area (Å²) < 4.78 is 16.7. The molecule has 1 fully saturated rings. The van der Waals surface area contributed by atoms with Crippen molar-refractivity contribution in [2.45, 2.75) is 358 Å². The largest absolute Gasteiger partial charge is 0.466 e. The summed E-state index contributed by atoms with van der Waals surface area (Å²) in [4.78, 5) is 25.1. The van der Waals surface area contributed by atoms with E-state index in [1.165, 1.54) is 212 Å². The van der Waals surface area contributed by atoms with Crippen molar-refractivity contribution in [1.29, 1.82) is 0 Å². The number of unbranched alkanes of at least 4 members (excludes halogenated alkanes) is 40. The summed E-state index contributed by atoms with van der Waals surface area (Å²) >= 11 is 0. The van der Waals surface area contributed by atoms with Gasteiger partial charge >= 0.3 is 5.97 Å². The fourth-order valence-electron chi connectivity index (χ4n) is 10.4. The van der Waals surface area contributed by atoms with Crippen molar-refractivity contribution in [3.63, 3.8) is 0 Å². The number of esters is 1. The second-order valence-corrected chi connectivity index (χ2v) is 23.2. The van der Waals surface area contributed by atoms with Gasteiger partial charge in [-0.05, 0) is 83.5 Å². The normalized spacial score (nSPS) is 18.7. The molecule has 7 atom stereocenters. The third-order valence-electron chi connectivity index (χ3n) is 15.7. The summed E-state index contributed by atoms with van der Waals surface area (Å²) in [7, 11) is 0. The second-order valence-electron chi connectivity index (χ2n) is 23.2. The van der Waals surface area contributed by atoms with Crippen LogP contribution in [0.25, 0.3) is 0 Å². The second kappa shape index (κ2) is 56.7. The molecule has 11 nitrogen and oxygen atoms in total. The fraction of sp³-hybridized carbons (Fsp3) is 0.881. The number of ether oxygens (including phenoxy) is 3. The average molecular weight is 1100 g/mol. The van der Waals surface area contributed by atoms with Crippen molar-refractivity contribution in [1.82, 2.24) is 5.32 Å². The van der Waals surface area contributed by atoms with E-state index in [1.807, 2.05) is 6.08 Å². The molecule has 11 heteroatoms. The van der Waals surface area contributed by atoms with Gasteiger partial charge in [0.1, 0.15) is 24.4 Å². The number of amides is 1. The lowest BCUT2D eigenvalue weighted by Gasteiger charge is -2.40. The Balaban J connectivity index is 1.96. The van der Waals surface area contributed by atoms with Gasteiger partial charge in [-0.3, -0.25) is 9.59 Å². The Morgan fingerprint density at radius 1 is 0.462 bits per heavy atom. The highest BCUT2D eigenvalue weighted by molar-refractivity contribution is 5.76. The van der Waals surface area contributed by atoms with Crippen LogP contribution in [0.4, 0.5) is 0 Å². The molecule has 0 bridgehead atoms. The minimum atomic E-state index is -1.57. The Morgan fingerprint density at radius 3 is 1.23 bits per heavy atom. The van der Waals surface area contributed by atoms with Gasteiger partial charge in [-0.1, -0.05) is 256 Å². The first-order chi connectivity index (χ1) is 38.2. The number of carbonyl (C=O) groups excluding carboxylic acids is 2. The zero-order chi connectivity index (χ0) is 56.6. The summed E-state index contributed by atoms with van der Waals surface area (Å²) in [6.45, 7) is 4.32. The minimum Gasteiger partial charge on any atom is -0.466 e. The van der Waals surface area contributed by atoms with Crippen molar-refractivity contribution in [2.75, 3.05) is 19.8 Å². The van der Waals surface area contributed by atoms with E-state index in [0.29, 0.717) is 19.4 Å². The molecule has 6 N–H and O–H groups in total. The first-order valence-corrected chi connectivity index (χ1v) is 33.3. The molecule has 0 spiro atoms. The van der Waals surface area contributed by atoms with Gasteiger partial charge in [-0.25, -0.2) is 0 Å². The molecule has 0 aromatic heterocycles. The van der Waals surface area contributed by atoms with Crippen LogP contribution in [-0.2, 0) is 23.8 Å². The van der Waals surface area contributed by atoms with Crippen LogP contribution in [0, 0.1) is 0 Å². The van der Waals surface area contributed by atoms with E-state index in [2.05, 4.69) is 43.5 Å². The van der Waals surface area contributed by atoms with Gasteiger partial charge in [0.15, 0.2) is 6.29 Å². The van der Waals surface area contributed by atoms with Crippen LogP contribution in [0.5, 0.6) is 0 Å². The van der Waals surface area contributed by atoms with Gasteiger partial charge in [0, 0.05) is 12.8 Å². The molecule has 0 saturated carbocycles. The molecule has 1 heterocycles. The lowest BCUT2D eigenvalue weighted by Crippen LogP contribution is -2.60. The highest BCUT2D eigenvalue weighted by Gasteiger charge is 2.44. The number of aliphatic hydroxyl groups is 5. The van der Waals surface area contributed by atoms with Crippen molar-refractivity contribution in [3.05, 3.63) is 36.5 Å². The van der Waals surface area contributed by atoms with E-state index >= 15 is 0 Å². The molecule has 1 aliphatic rings. The average Bonchev–Trinajstić information content (AvgIpc) is 3.43. The third kappa shape index (κ3) is 45.5. The standard InChI is InChI=1S/C67H125NO10/c1-3-5-7-9-11-13-14-15-16-17-22-26-29-32-35-39-43-47-51-55-63(72)76-56-52-48-44-40-36-33-30-27-24-21-19-18-20-23-25-28-31-34-38-42-46-50-54-62(71)68-59(60(70)53-49-45-41-37-12-10-8-6-4-2)58-77-67-66(75)65(74)64(73)61(57-69)78-67/h15-16,20,23,49,53,59-61,64-67,69-70,73-75H,3-14,17-19,21-22,24-48,50-52,54-58H2,1-2H3,(H,68,71)/b16-15-,23-20-,53-49+. The Morgan fingerprint density at radius 2 is 0.821 bits per heavy atom. The first-order valence-electron chi connectivity index (χ1n) is 33.3. The highest BCUT2D eigenvalue weighted by Crippen LogP contribution is 2.23. The minimum absolute atomic E-state index is 0.00284. The maximum atomic E-state index is 13.0. The first kappa shape index (κ1) is 73.9. The van der Waals surface area contributed by atoms with Crippen LogP contribution < -0.4 is 5.32 Å². The molecule has 78 heavy (non-hydrogen) atoms. The van der Waals surface area contributed by atoms with E-state index in [4.69, 9.17) is 14.2 Å². The number of nitrogens with one attached hydrogen (secondary N) is 1. The predicted molar refractivity (Wildman–Crippen MR) is 324 cm³/mol. The van der Waals surface area contributed by atoms with Gasteiger partial charge in [0.25, 0.3) is 0 Å². The number of carbonyl (C=O) groups is 2. The van der Waals surface area contributed by atoms with Crippen molar-refractivity contribution in [3.8, 4) is 0 Å². The maximum Gasteiger partial charge on any atom is 0.305 e. The number of hydrogen-bond acceptors (Lipinski definition) is 10. The Bertz CT molecular complexity index is 1390. The molecule has 0 aliphatic carbocycles. The molecule has 1 amide bonds. The lowest BCUT2D eigenvalue weighted by atomic mass is 9.99. The van der Waals surface area contributed by atoms with Crippen LogP contribution >= 0.6 is 0 Å². The van der Waals surface area contributed by atoms with E-state index < -0.39 is 49.5 Å². The zero-order valence-corrected chi connectivity index (χ0v) is 50.6. The molecule has 0 radical (unpaired) electrons. The van der Waals surface area contributed by atoms with Crippen LogP contribution in [0.2, 0.25) is 0 Å². The van der Waals surface area contributed by atoms with E-state index in [0.717, 1.165) is 77.0 Å². The Hall–Kier alpha value is -2.12. The number of rotatable bonds is 58. The summed E-state index contributed by atoms with van der Waals surface area (Å²) in [5.41, 5.74) is 0. The zero-order valence-electron chi connectivity index (χ0n) is 50.6. The molecule has 7 unspecified atom stereocenters. The Labute approximate surface area is 479 Å². The van der Waals surface area contributed by atoms with Gasteiger partial charge in [0.2, 0.25) is 5.91 Å². The van der Waals surface area contributed by atoms with Gasteiger partial charge in [-0.2, -0.15) is 0 Å². The number of allylic oxidation sites excluding steroid dienone is 5. The maximum absolute atomic E-state index is 13.0. The van der Waals surface area contributed by atoms with E-state index in [1.54, 1.807) is 6.08 Å². The molecular formula is C67H125NO10. The smallest absolute Gasteiger partial charge is 0.305 e. The van der Waals surface area contributed by atoms with Crippen molar-refractivity contribution in [2.24, 2.45) is 0 Å². The monoisotopic (exact) mass is 1100 g/mol. The number of aliphatic hydroxyl groups excluding tert-OH is 5. The summed E-state index contributed by atoms with van der Waals surface area (Å²) in [5.74, 6) is -0.193. The summed E-state index contributed by atoms with van der Waals surface area (Å²) in [6, 6.07) is -0.814. The molecule has 0 aromatic carbocycles. The van der Waals surface area contributed by atoms with E-state index in [-0.39, 0.29) is 18.5 Å².